The van der Waals surface area contributed by atoms with Gasteiger partial charge in [-0.25, -0.2) is 8.42 Å². The van der Waals surface area contributed by atoms with Gasteiger partial charge in [0.25, 0.3) is 5.17 Å². The Morgan fingerprint density at radius 1 is 1.20 bits per heavy atom. The lowest BCUT2D eigenvalue weighted by Gasteiger charge is -2.26. The topological polar surface area (TPSA) is 91.0 Å². The van der Waals surface area contributed by atoms with Gasteiger partial charge in [-0.2, -0.15) is 4.99 Å². The van der Waals surface area contributed by atoms with Gasteiger partial charge in [0, 0.05) is 11.8 Å². The summed E-state index contributed by atoms with van der Waals surface area (Å²) in [5.41, 5.74) is 5.60. The Balaban J connectivity index is 2.26. The SMILES string of the molecule is CS(=O)(=O)c1ccccc1C1(c2ccccc2)COC(OC(N)=S)=N1. The van der Waals surface area contributed by atoms with Crippen LogP contribution in [0.25, 0.3) is 0 Å². The number of benzene rings is 2. The molecular weight excluding hydrogens is 360 g/mol. The van der Waals surface area contributed by atoms with E-state index >= 15 is 0 Å². The van der Waals surface area contributed by atoms with Crippen molar-refractivity contribution in [2.24, 2.45) is 10.7 Å². The summed E-state index contributed by atoms with van der Waals surface area (Å²) >= 11 is 4.72. The molecule has 130 valence electrons. The van der Waals surface area contributed by atoms with Crippen molar-refractivity contribution in [2.45, 2.75) is 10.4 Å². The fourth-order valence-corrected chi connectivity index (χ4v) is 3.85. The minimum absolute atomic E-state index is 0.0709. The van der Waals surface area contributed by atoms with Gasteiger partial charge in [0.05, 0.1) is 4.90 Å². The minimum Gasteiger partial charge on any atom is -0.447 e. The highest BCUT2D eigenvalue weighted by Crippen LogP contribution is 2.40. The van der Waals surface area contributed by atoms with Crippen LogP contribution in [0.5, 0.6) is 0 Å². The molecule has 6 nitrogen and oxygen atoms in total. The molecular formula is C17H16N2O4S2. The lowest BCUT2D eigenvalue weighted by atomic mass is 9.84. The second kappa shape index (κ2) is 6.45. The van der Waals surface area contributed by atoms with E-state index in [4.69, 9.17) is 27.4 Å². The number of sulfone groups is 1. The molecule has 0 amide bonds. The Morgan fingerprint density at radius 2 is 1.84 bits per heavy atom. The van der Waals surface area contributed by atoms with E-state index < -0.39 is 15.4 Å². The van der Waals surface area contributed by atoms with Gasteiger partial charge in [-0.1, -0.05) is 48.5 Å². The van der Waals surface area contributed by atoms with Gasteiger partial charge < -0.3 is 15.2 Å². The van der Waals surface area contributed by atoms with Crippen molar-refractivity contribution >= 4 is 33.3 Å². The summed E-state index contributed by atoms with van der Waals surface area (Å²) in [5, 5.41) is -0.223. The highest BCUT2D eigenvalue weighted by atomic mass is 32.2. The first-order valence-electron chi connectivity index (χ1n) is 7.38. The predicted molar refractivity (Wildman–Crippen MR) is 98.0 cm³/mol. The maximum absolute atomic E-state index is 12.3. The average molecular weight is 376 g/mol. The summed E-state index contributed by atoms with van der Waals surface area (Å²) in [7, 11) is -3.47. The van der Waals surface area contributed by atoms with Crippen LogP contribution in [-0.2, 0) is 24.8 Å². The van der Waals surface area contributed by atoms with E-state index in [9.17, 15) is 8.42 Å². The number of hydrogen-bond acceptors (Lipinski definition) is 6. The van der Waals surface area contributed by atoms with Crippen LogP contribution < -0.4 is 5.73 Å². The van der Waals surface area contributed by atoms with Crippen molar-refractivity contribution in [1.82, 2.24) is 0 Å². The molecule has 0 aromatic heterocycles. The third-order valence-corrected chi connectivity index (χ3v) is 5.10. The van der Waals surface area contributed by atoms with Crippen molar-refractivity contribution in [1.29, 1.82) is 0 Å². The second-order valence-electron chi connectivity index (χ2n) is 5.58. The normalized spacial score (nSPS) is 19.8. The van der Waals surface area contributed by atoms with E-state index in [0.29, 0.717) is 5.56 Å². The first kappa shape index (κ1) is 17.4. The molecule has 2 aromatic carbocycles. The number of ether oxygens (including phenoxy) is 2. The molecule has 1 aliphatic rings. The highest BCUT2D eigenvalue weighted by Gasteiger charge is 2.44. The zero-order valence-electron chi connectivity index (χ0n) is 13.4. The number of rotatable bonds is 3. The zero-order chi connectivity index (χ0) is 18.1. The van der Waals surface area contributed by atoms with E-state index in [2.05, 4.69) is 4.99 Å². The fourth-order valence-electron chi connectivity index (χ4n) is 2.81. The predicted octanol–water partition coefficient (Wildman–Crippen LogP) is 1.98. The maximum Gasteiger partial charge on any atom is 0.392 e. The summed E-state index contributed by atoms with van der Waals surface area (Å²) < 4.78 is 35.2. The molecule has 2 N–H and O–H groups in total. The van der Waals surface area contributed by atoms with Crippen LogP contribution >= 0.6 is 12.2 Å². The van der Waals surface area contributed by atoms with Gasteiger partial charge in [-0.3, -0.25) is 0 Å². The third kappa shape index (κ3) is 3.35. The molecule has 1 atom stereocenters. The van der Waals surface area contributed by atoms with E-state index in [1.165, 1.54) is 0 Å². The van der Waals surface area contributed by atoms with Gasteiger partial charge >= 0.3 is 6.08 Å². The molecule has 3 rings (SSSR count). The second-order valence-corrected chi connectivity index (χ2v) is 7.97. The number of nitrogens with zero attached hydrogens (tertiary/aromatic N) is 1. The first-order valence-corrected chi connectivity index (χ1v) is 9.68. The summed E-state index contributed by atoms with van der Waals surface area (Å²) in [6, 6.07) is 16.0. The number of hydrogen-bond donors (Lipinski definition) is 1. The van der Waals surface area contributed by atoms with Crippen LogP contribution in [0.3, 0.4) is 0 Å². The minimum atomic E-state index is -3.47. The van der Waals surface area contributed by atoms with Gasteiger partial charge in [0.15, 0.2) is 15.4 Å². The van der Waals surface area contributed by atoms with Gasteiger partial charge in [-0.05, 0) is 23.8 Å². The summed E-state index contributed by atoms with van der Waals surface area (Å²) in [6.07, 6.45) is 1.08. The maximum atomic E-state index is 12.3. The number of thiocarbonyl (C=S) groups is 1. The van der Waals surface area contributed by atoms with Gasteiger partial charge in [0.2, 0.25) is 0 Å². The summed E-state index contributed by atoms with van der Waals surface area (Å²) in [6.45, 7) is 0.0709. The number of nitrogens with two attached hydrogens (primary N) is 1. The molecule has 2 aromatic rings. The first-order chi connectivity index (χ1) is 11.8. The molecule has 0 radical (unpaired) electrons. The summed E-state index contributed by atoms with van der Waals surface area (Å²) in [4.78, 5) is 4.70. The van der Waals surface area contributed by atoms with E-state index in [1.54, 1.807) is 24.3 Å². The average Bonchev–Trinajstić information content (AvgIpc) is 2.99. The molecule has 25 heavy (non-hydrogen) atoms. The van der Waals surface area contributed by atoms with E-state index in [1.807, 2.05) is 30.3 Å². The lowest BCUT2D eigenvalue weighted by molar-refractivity contribution is 0.234. The number of aliphatic imine (C=N–C) groups is 1. The Bertz CT molecular complexity index is 942. The van der Waals surface area contributed by atoms with Crippen LogP contribution in [0.2, 0.25) is 0 Å². The molecule has 0 spiro atoms. The largest absolute Gasteiger partial charge is 0.447 e. The molecule has 1 heterocycles. The van der Waals surface area contributed by atoms with Crippen molar-refractivity contribution in [2.75, 3.05) is 12.9 Å². The Kier molecular flexibility index (Phi) is 4.49. The Labute approximate surface area is 151 Å². The molecule has 0 aliphatic carbocycles. The monoisotopic (exact) mass is 376 g/mol. The van der Waals surface area contributed by atoms with Gasteiger partial charge in [-0.15, -0.1) is 0 Å². The fraction of sp³-hybridized carbons (Fsp3) is 0.176. The van der Waals surface area contributed by atoms with Crippen molar-refractivity contribution in [3.63, 3.8) is 0 Å². The molecule has 0 fully saturated rings. The van der Waals surface area contributed by atoms with Crippen molar-refractivity contribution < 1.29 is 17.9 Å². The quantitative estimate of drug-likeness (QED) is 0.824. The highest BCUT2D eigenvalue weighted by molar-refractivity contribution is 7.90. The molecule has 0 saturated heterocycles. The lowest BCUT2D eigenvalue weighted by Crippen LogP contribution is -2.29. The summed E-state index contributed by atoms with van der Waals surface area (Å²) in [5.74, 6) is 0. The molecule has 1 unspecified atom stereocenters. The molecule has 1 aliphatic heterocycles. The molecule has 0 saturated carbocycles. The van der Waals surface area contributed by atoms with Crippen LogP contribution in [-0.4, -0.2) is 32.5 Å². The van der Waals surface area contributed by atoms with Crippen molar-refractivity contribution in [3.05, 3.63) is 65.7 Å². The van der Waals surface area contributed by atoms with Gasteiger partial charge in [0.1, 0.15) is 6.61 Å². The zero-order valence-corrected chi connectivity index (χ0v) is 15.0. The standard InChI is InChI=1S/C17H16N2O4S2/c1-25(20,21)14-10-6-5-9-13(14)17(12-7-3-2-4-8-12)11-22-16(19-17)23-15(18)24/h2-10H,11H2,1H3,(H2,18,24). The van der Waals surface area contributed by atoms with E-state index in [0.717, 1.165) is 11.8 Å². The molecule has 0 bridgehead atoms. The molecule has 8 heteroatoms. The van der Waals surface area contributed by atoms with Crippen molar-refractivity contribution in [3.8, 4) is 0 Å². The van der Waals surface area contributed by atoms with Crippen LogP contribution in [0.15, 0.2) is 64.5 Å². The van der Waals surface area contributed by atoms with Crippen LogP contribution in [0.4, 0.5) is 0 Å². The third-order valence-electron chi connectivity index (χ3n) is 3.86. The smallest absolute Gasteiger partial charge is 0.392 e. The Morgan fingerprint density at radius 3 is 2.48 bits per heavy atom. The van der Waals surface area contributed by atoms with Crippen LogP contribution in [0, 0.1) is 0 Å². The Hall–Kier alpha value is -2.45. The van der Waals surface area contributed by atoms with Crippen LogP contribution in [0.1, 0.15) is 11.1 Å². The van der Waals surface area contributed by atoms with E-state index in [-0.39, 0.29) is 22.8 Å².